The fourth-order valence-corrected chi connectivity index (χ4v) is 7.35. The number of ether oxygens (including phenoxy) is 1. The number of carbonyl (C=O) groups is 1. The number of fused-ring (bicyclic) bond motifs is 4. The number of imidazole rings is 1. The standard InChI is InChI=1S/C33H32F3N7O2/c1-17-29(40-27-13-20(14-28(45-2)42(17)27)32(44)43-21-8-10-25(43)23(37)15-21)26-12-19-7-9-24(39-31(19)41(26)16-18-5-6-18)22-4-3-11-38-30(22)33(34,35)36/h3-4,7,9,11-14,18,21,23,25H,5-6,8,10,15-16,37H2,1-2H3/t21-,23+,25+/m0/s1. The van der Waals surface area contributed by atoms with E-state index in [1.165, 1.54) is 12.1 Å². The van der Waals surface area contributed by atoms with Crippen LogP contribution in [0.3, 0.4) is 0 Å². The average molecular weight is 616 g/mol. The molecule has 0 radical (unpaired) electrons. The highest BCUT2D eigenvalue weighted by molar-refractivity contribution is 5.97. The van der Waals surface area contributed by atoms with E-state index in [4.69, 9.17) is 20.4 Å². The van der Waals surface area contributed by atoms with Crippen LogP contribution in [0.5, 0.6) is 5.88 Å². The number of nitrogens with two attached hydrogens (primary N) is 1. The first-order valence-corrected chi connectivity index (χ1v) is 15.3. The third-order valence-corrected chi connectivity index (χ3v) is 9.67. The molecule has 3 fully saturated rings. The van der Waals surface area contributed by atoms with Gasteiger partial charge in [0.25, 0.3) is 5.91 Å². The number of amides is 1. The SMILES string of the molecule is COc1cc(C(=O)N2[C@H]3CC[C@@H]2[C@H](N)C3)cc2nc(-c3cc4ccc(-c5cccnc5C(F)(F)F)nc4n3CC3CC3)c(C)n12. The molecule has 1 aliphatic carbocycles. The van der Waals surface area contributed by atoms with Gasteiger partial charge < -0.3 is 19.9 Å². The molecule has 8 rings (SSSR count). The number of methoxy groups -OCH3 is 1. The van der Waals surface area contributed by atoms with Gasteiger partial charge in [0.2, 0.25) is 0 Å². The molecule has 3 atom stereocenters. The Morgan fingerprint density at radius 3 is 2.60 bits per heavy atom. The number of hydrogen-bond acceptors (Lipinski definition) is 6. The van der Waals surface area contributed by atoms with Gasteiger partial charge >= 0.3 is 6.18 Å². The van der Waals surface area contributed by atoms with Crippen LogP contribution in [0, 0.1) is 12.8 Å². The van der Waals surface area contributed by atoms with Gasteiger partial charge in [-0.15, -0.1) is 0 Å². The minimum absolute atomic E-state index is 0.000633. The topological polar surface area (TPSA) is 104 Å². The molecular formula is C33H32F3N7O2. The van der Waals surface area contributed by atoms with Gasteiger partial charge in [0.1, 0.15) is 17.0 Å². The minimum atomic E-state index is -4.61. The molecule has 0 aromatic carbocycles. The summed E-state index contributed by atoms with van der Waals surface area (Å²) in [5, 5.41) is 0.798. The maximum Gasteiger partial charge on any atom is 0.434 e. The minimum Gasteiger partial charge on any atom is -0.482 e. The highest BCUT2D eigenvalue weighted by Crippen LogP contribution is 2.41. The summed E-state index contributed by atoms with van der Waals surface area (Å²) in [7, 11) is 1.57. The number of carbonyl (C=O) groups excluding carboxylic acids is 1. The first-order chi connectivity index (χ1) is 21.6. The molecule has 5 aromatic heterocycles. The lowest BCUT2D eigenvalue weighted by Crippen LogP contribution is -2.40. The fourth-order valence-electron chi connectivity index (χ4n) is 7.35. The molecule has 2 N–H and O–H groups in total. The summed E-state index contributed by atoms with van der Waals surface area (Å²) in [5.74, 6) is 0.878. The van der Waals surface area contributed by atoms with Gasteiger partial charge in [0.15, 0.2) is 11.6 Å². The van der Waals surface area contributed by atoms with Crippen molar-refractivity contribution >= 4 is 22.6 Å². The summed E-state index contributed by atoms with van der Waals surface area (Å²) < 4.78 is 51.2. The zero-order valence-corrected chi connectivity index (χ0v) is 24.9. The second-order valence-electron chi connectivity index (χ2n) is 12.5. The number of hydrogen-bond donors (Lipinski definition) is 1. The monoisotopic (exact) mass is 615 g/mol. The van der Waals surface area contributed by atoms with Crippen LogP contribution < -0.4 is 10.5 Å². The Labute approximate surface area is 256 Å². The number of nitrogens with zero attached hydrogens (tertiary/aromatic N) is 6. The van der Waals surface area contributed by atoms with Gasteiger partial charge in [-0.2, -0.15) is 13.2 Å². The molecule has 2 bridgehead atoms. The summed E-state index contributed by atoms with van der Waals surface area (Å²) in [6, 6.07) is 12.1. The Morgan fingerprint density at radius 2 is 1.91 bits per heavy atom. The van der Waals surface area contributed by atoms with Crippen molar-refractivity contribution in [3.8, 4) is 28.5 Å². The number of aryl methyl sites for hydroxylation is 1. The summed E-state index contributed by atoms with van der Waals surface area (Å²) in [6.07, 6.45) is 1.39. The van der Waals surface area contributed by atoms with Crippen LogP contribution in [0.2, 0.25) is 0 Å². The molecule has 2 saturated heterocycles. The predicted molar refractivity (Wildman–Crippen MR) is 162 cm³/mol. The lowest BCUT2D eigenvalue weighted by Gasteiger charge is -2.23. The quantitative estimate of drug-likeness (QED) is 0.257. The highest BCUT2D eigenvalue weighted by Gasteiger charge is 2.47. The first kappa shape index (κ1) is 28.1. The maximum absolute atomic E-state index is 13.8. The van der Waals surface area contributed by atoms with Gasteiger partial charge in [0.05, 0.1) is 24.2 Å². The molecule has 7 heterocycles. The lowest BCUT2D eigenvalue weighted by molar-refractivity contribution is -0.140. The molecule has 9 nitrogen and oxygen atoms in total. The Balaban J connectivity index is 1.26. The van der Waals surface area contributed by atoms with Gasteiger partial charge in [-0.3, -0.25) is 14.2 Å². The van der Waals surface area contributed by atoms with E-state index >= 15 is 0 Å². The van der Waals surface area contributed by atoms with E-state index in [1.54, 1.807) is 31.4 Å². The van der Waals surface area contributed by atoms with Crippen molar-refractivity contribution in [2.24, 2.45) is 11.7 Å². The van der Waals surface area contributed by atoms with Gasteiger partial charge in [-0.1, -0.05) is 0 Å². The second-order valence-corrected chi connectivity index (χ2v) is 12.5. The molecule has 45 heavy (non-hydrogen) atoms. The van der Waals surface area contributed by atoms with Crippen molar-refractivity contribution in [2.75, 3.05) is 7.11 Å². The van der Waals surface area contributed by atoms with Gasteiger partial charge in [-0.25, -0.2) is 9.97 Å². The van der Waals surface area contributed by atoms with Crippen LogP contribution in [0.15, 0.2) is 48.7 Å². The van der Waals surface area contributed by atoms with Crippen molar-refractivity contribution in [3.05, 3.63) is 65.6 Å². The number of halogens is 3. The molecular weight excluding hydrogens is 583 g/mol. The van der Waals surface area contributed by atoms with Crippen LogP contribution in [-0.4, -0.2) is 60.0 Å². The van der Waals surface area contributed by atoms with Crippen molar-refractivity contribution in [2.45, 2.75) is 69.9 Å². The predicted octanol–water partition coefficient (Wildman–Crippen LogP) is 5.86. The molecule has 12 heteroatoms. The molecule has 3 aliphatic rings. The van der Waals surface area contributed by atoms with E-state index in [9.17, 15) is 18.0 Å². The third kappa shape index (κ3) is 4.48. The first-order valence-electron chi connectivity index (χ1n) is 15.3. The number of aromatic nitrogens is 5. The molecule has 2 aliphatic heterocycles. The lowest BCUT2D eigenvalue weighted by atomic mass is 9.97. The summed E-state index contributed by atoms with van der Waals surface area (Å²) >= 11 is 0. The maximum atomic E-state index is 13.8. The number of pyridine rings is 3. The van der Waals surface area contributed by atoms with E-state index in [0.717, 1.165) is 55.1 Å². The Morgan fingerprint density at radius 1 is 1.09 bits per heavy atom. The molecule has 0 unspecified atom stereocenters. The fraction of sp³-hybridized carbons (Fsp3) is 0.394. The van der Waals surface area contributed by atoms with E-state index in [-0.39, 0.29) is 35.3 Å². The zero-order chi connectivity index (χ0) is 31.2. The van der Waals surface area contributed by atoms with Crippen LogP contribution in [0.1, 0.15) is 53.8 Å². The van der Waals surface area contributed by atoms with E-state index < -0.39 is 11.9 Å². The van der Waals surface area contributed by atoms with Crippen LogP contribution in [-0.2, 0) is 12.7 Å². The third-order valence-electron chi connectivity index (χ3n) is 9.67. The van der Waals surface area contributed by atoms with E-state index in [0.29, 0.717) is 40.9 Å². The van der Waals surface area contributed by atoms with Crippen LogP contribution in [0.25, 0.3) is 39.3 Å². The Hall–Kier alpha value is -4.45. The van der Waals surface area contributed by atoms with Crippen molar-refractivity contribution in [1.82, 2.24) is 28.8 Å². The smallest absolute Gasteiger partial charge is 0.434 e. The Kier molecular flexibility index (Phi) is 6.25. The molecule has 232 valence electrons. The number of alkyl halides is 3. The van der Waals surface area contributed by atoms with Crippen molar-refractivity contribution < 1.29 is 22.7 Å². The average Bonchev–Trinajstić information content (AvgIpc) is 3.35. The van der Waals surface area contributed by atoms with Crippen LogP contribution in [0.4, 0.5) is 13.2 Å². The zero-order valence-electron chi connectivity index (χ0n) is 24.9. The van der Waals surface area contributed by atoms with Crippen molar-refractivity contribution in [3.63, 3.8) is 0 Å². The molecule has 5 aromatic rings. The largest absolute Gasteiger partial charge is 0.482 e. The van der Waals surface area contributed by atoms with Crippen LogP contribution >= 0.6 is 0 Å². The van der Waals surface area contributed by atoms with Crippen molar-refractivity contribution in [1.29, 1.82) is 0 Å². The normalized spacial score (nSPS) is 21.4. The Bertz CT molecular complexity index is 1990. The summed E-state index contributed by atoms with van der Waals surface area (Å²) in [6.45, 7) is 2.61. The van der Waals surface area contributed by atoms with Gasteiger partial charge in [-0.05, 0) is 81.3 Å². The molecule has 1 saturated carbocycles. The summed E-state index contributed by atoms with van der Waals surface area (Å²) in [4.78, 5) is 29.1. The highest BCUT2D eigenvalue weighted by atomic mass is 19.4. The molecule has 1 amide bonds. The number of rotatable bonds is 6. The summed E-state index contributed by atoms with van der Waals surface area (Å²) in [5.41, 5.74) is 9.48. The second kappa shape index (κ2) is 10.0. The van der Waals surface area contributed by atoms with E-state index in [2.05, 4.69) is 9.55 Å². The molecule has 0 spiro atoms. The van der Waals surface area contributed by atoms with Gasteiger partial charge in [0, 0.05) is 53.4 Å². The van der Waals surface area contributed by atoms with E-state index in [1.807, 2.05) is 22.3 Å².